The number of hydrogen-bond acceptors (Lipinski definition) is 4. The number of anilines is 1. The number of nitrogens with two attached hydrogens (primary N) is 1. The molecule has 0 saturated carbocycles. The lowest BCUT2D eigenvalue weighted by Gasteiger charge is -2.08. The second-order valence-electron chi connectivity index (χ2n) is 5.68. The molecule has 3 rings (SSSR count). The van der Waals surface area contributed by atoms with Crippen LogP contribution in [0.25, 0.3) is 11.1 Å². The SMILES string of the molecule is Nc1ccccc1-c1ccccc1N=Nc1ccc(C(=O)C(F)(F)F)cc1. The van der Waals surface area contributed by atoms with E-state index < -0.39 is 17.5 Å². The normalized spacial score (nSPS) is 11.7. The van der Waals surface area contributed by atoms with Crippen LogP contribution in [0.1, 0.15) is 10.4 Å². The predicted molar refractivity (Wildman–Crippen MR) is 97.3 cm³/mol. The monoisotopic (exact) mass is 369 g/mol. The second kappa shape index (κ2) is 7.41. The van der Waals surface area contributed by atoms with Gasteiger partial charge in [-0.25, -0.2) is 0 Å². The molecule has 0 bridgehead atoms. The van der Waals surface area contributed by atoms with Crippen LogP contribution in [0.15, 0.2) is 83.0 Å². The van der Waals surface area contributed by atoms with Crippen LogP contribution in [0, 0.1) is 0 Å². The van der Waals surface area contributed by atoms with Crippen molar-refractivity contribution in [3.63, 3.8) is 0 Å². The third-order valence-electron chi connectivity index (χ3n) is 3.82. The van der Waals surface area contributed by atoms with Crippen molar-refractivity contribution in [2.75, 3.05) is 5.73 Å². The molecule has 0 aliphatic carbocycles. The van der Waals surface area contributed by atoms with Gasteiger partial charge in [-0.1, -0.05) is 36.4 Å². The van der Waals surface area contributed by atoms with Crippen molar-refractivity contribution in [2.45, 2.75) is 6.18 Å². The van der Waals surface area contributed by atoms with Gasteiger partial charge in [0, 0.05) is 22.4 Å². The molecule has 0 atom stereocenters. The zero-order valence-electron chi connectivity index (χ0n) is 13.9. The minimum Gasteiger partial charge on any atom is -0.398 e. The van der Waals surface area contributed by atoms with Gasteiger partial charge < -0.3 is 5.73 Å². The van der Waals surface area contributed by atoms with Crippen LogP contribution in [0.2, 0.25) is 0 Å². The van der Waals surface area contributed by atoms with Gasteiger partial charge in [0.25, 0.3) is 5.78 Å². The molecule has 27 heavy (non-hydrogen) atoms. The summed E-state index contributed by atoms with van der Waals surface area (Å²) in [4.78, 5) is 11.2. The van der Waals surface area contributed by atoms with E-state index >= 15 is 0 Å². The van der Waals surface area contributed by atoms with Gasteiger partial charge in [-0.15, -0.1) is 5.11 Å². The maximum Gasteiger partial charge on any atom is 0.454 e. The number of Topliss-reactive ketones (excluding diaryl/α,β-unsaturated/α-hetero) is 1. The summed E-state index contributed by atoms with van der Waals surface area (Å²) in [5.41, 5.74) is 8.63. The number of alkyl halides is 3. The average Bonchev–Trinajstić information content (AvgIpc) is 2.66. The molecule has 2 N–H and O–H groups in total. The highest BCUT2D eigenvalue weighted by Gasteiger charge is 2.39. The fraction of sp³-hybridized carbons (Fsp3) is 0.0500. The Labute approximate surface area is 153 Å². The van der Waals surface area contributed by atoms with Crippen molar-refractivity contribution in [2.24, 2.45) is 10.2 Å². The lowest BCUT2D eigenvalue weighted by atomic mass is 10.0. The van der Waals surface area contributed by atoms with Crippen molar-refractivity contribution in [3.8, 4) is 11.1 Å². The summed E-state index contributed by atoms with van der Waals surface area (Å²) in [5, 5.41) is 8.23. The fourth-order valence-corrected chi connectivity index (χ4v) is 2.49. The Hall–Kier alpha value is -3.48. The molecule has 7 heteroatoms. The van der Waals surface area contributed by atoms with Gasteiger partial charge >= 0.3 is 6.18 Å². The second-order valence-corrected chi connectivity index (χ2v) is 5.68. The number of nitrogens with zero attached hydrogens (tertiary/aromatic N) is 2. The number of halogens is 3. The Kier molecular flexibility index (Phi) is 5.03. The number of azo groups is 1. The Balaban J connectivity index is 1.88. The molecule has 136 valence electrons. The Bertz CT molecular complexity index is 996. The predicted octanol–water partition coefficient (Wildman–Crippen LogP) is 6.10. The van der Waals surface area contributed by atoms with Crippen LogP contribution in [0.5, 0.6) is 0 Å². The van der Waals surface area contributed by atoms with Gasteiger partial charge in [0.2, 0.25) is 0 Å². The zero-order chi connectivity index (χ0) is 19.4. The molecule has 0 amide bonds. The van der Waals surface area contributed by atoms with E-state index in [1.165, 1.54) is 12.1 Å². The van der Waals surface area contributed by atoms with E-state index in [4.69, 9.17) is 5.73 Å². The van der Waals surface area contributed by atoms with E-state index in [0.717, 1.165) is 23.3 Å². The highest BCUT2D eigenvalue weighted by atomic mass is 19.4. The summed E-state index contributed by atoms with van der Waals surface area (Å²) in [6, 6.07) is 19.3. The number of rotatable bonds is 4. The van der Waals surface area contributed by atoms with Gasteiger partial charge in [0.05, 0.1) is 11.4 Å². The average molecular weight is 369 g/mol. The molecule has 0 unspecified atom stereocenters. The lowest BCUT2D eigenvalue weighted by Crippen LogP contribution is -2.22. The standard InChI is InChI=1S/C20H14F3N3O/c21-20(22,23)19(27)13-9-11-14(12-10-13)25-26-18-8-4-2-6-16(18)15-5-1-3-7-17(15)24/h1-12H,24H2. The summed E-state index contributed by atoms with van der Waals surface area (Å²) >= 11 is 0. The Morgan fingerprint density at radius 1 is 0.778 bits per heavy atom. The molecule has 0 aliphatic heterocycles. The van der Waals surface area contributed by atoms with E-state index in [2.05, 4.69) is 10.2 Å². The quantitative estimate of drug-likeness (QED) is 0.343. The van der Waals surface area contributed by atoms with Crippen LogP contribution in [0.4, 0.5) is 30.2 Å². The van der Waals surface area contributed by atoms with Crippen molar-refractivity contribution >= 4 is 22.8 Å². The minimum atomic E-state index is -4.91. The highest BCUT2D eigenvalue weighted by molar-refractivity contribution is 6.00. The van der Waals surface area contributed by atoms with Crippen molar-refractivity contribution in [1.29, 1.82) is 0 Å². The minimum absolute atomic E-state index is 0.324. The summed E-state index contributed by atoms with van der Waals surface area (Å²) in [5.74, 6) is -1.89. The molecule has 0 heterocycles. The van der Waals surface area contributed by atoms with Gasteiger partial charge in [-0.05, 0) is 36.4 Å². The van der Waals surface area contributed by atoms with Crippen molar-refractivity contribution in [3.05, 3.63) is 78.4 Å². The lowest BCUT2D eigenvalue weighted by molar-refractivity contribution is -0.0885. The van der Waals surface area contributed by atoms with Gasteiger partial charge in [0.1, 0.15) is 0 Å². The van der Waals surface area contributed by atoms with E-state index in [-0.39, 0.29) is 0 Å². The number of benzene rings is 3. The third-order valence-corrected chi connectivity index (χ3v) is 3.82. The summed E-state index contributed by atoms with van der Waals surface area (Å²) in [6.45, 7) is 0. The van der Waals surface area contributed by atoms with Crippen LogP contribution in [-0.4, -0.2) is 12.0 Å². The van der Waals surface area contributed by atoms with Crippen LogP contribution >= 0.6 is 0 Å². The molecule has 0 aliphatic rings. The molecular formula is C20H14F3N3O. The molecule has 0 radical (unpaired) electrons. The molecule has 4 nitrogen and oxygen atoms in total. The van der Waals surface area contributed by atoms with Crippen LogP contribution in [0.3, 0.4) is 0 Å². The Morgan fingerprint density at radius 2 is 1.37 bits per heavy atom. The van der Waals surface area contributed by atoms with E-state index in [0.29, 0.717) is 17.1 Å². The van der Waals surface area contributed by atoms with Gasteiger partial charge in [-0.2, -0.15) is 18.3 Å². The smallest absolute Gasteiger partial charge is 0.398 e. The number of carbonyl (C=O) groups excluding carboxylic acids is 1. The summed E-state index contributed by atoms with van der Waals surface area (Å²) in [6.07, 6.45) is -4.91. The maximum absolute atomic E-state index is 12.4. The maximum atomic E-state index is 12.4. The first-order chi connectivity index (χ1) is 12.9. The van der Waals surface area contributed by atoms with Gasteiger partial charge in [-0.3, -0.25) is 4.79 Å². The number of carbonyl (C=O) groups is 1. The molecule has 0 aromatic heterocycles. The number of nitrogen functional groups attached to an aromatic ring is 1. The van der Waals surface area contributed by atoms with Crippen LogP contribution in [-0.2, 0) is 0 Å². The first-order valence-electron chi connectivity index (χ1n) is 7.93. The largest absolute Gasteiger partial charge is 0.454 e. The number of para-hydroxylation sites is 1. The first kappa shape index (κ1) is 18.3. The molecule has 3 aromatic rings. The third kappa shape index (κ3) is 4.20. The number of hydrogen-bond donors (Lipinski definition) is 1. The zero-order valence-corrected chi connectivity index (χ0v) is 13.9. The van der Waals surface area contributed by atoms with Gasteiger partial charge in [0.15, 0.2) is 0 Å². The summed E-state index contributed by atoms with van der Waals surface area (Å²) in [7, 11) is 0. The number of ketones is 1. The molecule has 3 aromatic carbocycles. The molecule has 0 fully saturated rings. The highest BCUT2D eigenvalue weighted by Crippen LogP contribution is 2.34. The molecule has 0 saturated heterocycles. The summed E-state index contributed by atoms with van der Waals surface area (Å²) < 4.78 is 37.3. The van der Waals surface area contributed by atoms with Crippen molar-refractivity contribution < 1.29 is 18.0 Å². The fourth-order valence-electron chi connectivity index (χ4n) is 2.49. The van der Waals surface area contributed by atoms with Crippen LogP contribution < -0.4 is 5.73 Å². The van der Waals surface area contributed by atoms with E-state index in [1.807, 2.05) is 30.3 Å². The van der Waals surface area contributed by atoms with E-state index in [1.54, 1.807) is 18.2 Å². The molecular weight excluding hydrogens is 355 g/mol. The first-order valence-corrected chi connectivity index (χ1v) is 7.93. The van der Waals surface area contributed by atoms with E-state index in [9.17, 15) is 18.0 Å². The van der Waals surface area contributed by atoms with Crippen molar-refractivity contribution in [1.82, 2.24) is 0 Å². The Morgan fingerprint density at radius 3 is 2.00 bits per heavy atom. The molecule has 0 spiro atoms. The topological polar surface area (TPSA) is 67.8 Å².